The first-order valence-corrected chi connectivity index (χ1v) is 5.46. The van der Waals surface area contributed by atoms with Gasteiger partial charge in [-0.25, -0.2) is 4.52 Å². The Labute approximate surface area is 98.1 Å². The number of halogens is 1. The molecule has 2 heterocycles. The maximum Gasteiger partial charge on any atom is 0.243 e. The Balaban J connectivity index is 2.19. The van der Waals surface area contributed by atoms with E-state index in [1.165, 1.54) is 0 Å². The lowest BCUT2D eigenvalue weighted by molar-refractivity contribution is 0.282. The fourth-order valence-electron chi connectivity index (χ4n) is 1.41. The third-order valence-electron chi connectivity index (χ3n) is 2.23. The predicted molar refractivity (Wildman–Crippen MR) is 62.8 cm³/mol. The first kappa shape index (κ1) is 11.2. The van der Waals surface area contributed by atoms with Crippen LogP contribution in [0.4, 0.5) is 5.95 Å². The van der Waals surface area contributed by atoms with E-state index >= 15 is 0 Å². The molecule has 2 rings (SSSR count). The summed E-state index contributed by atoms with van der Waals surface area (Å²) in [5.41, 5.74) is 0.739. The summed E-state index contributed by atoms with van der Waals surface area (Å²) in [6.07, 6.45) is 2.36. The molecule has 0 saturated heterocycles. The van der Waals surface area contributed by atoms with Crippen molar-refractivity contribution < 1.29 is 5.11 Å². The molecule has 0 aliphatic carbocycles. The van der Waals surface area contributed by atoms with Gasteiger partial charge in [0.2, 0.25) is 5.95 Å². The summed E-state index contributed by atoms with van der Waals surface area (Å²) < 4.78 is 1.62. The zero-order valence-corrected chi connectivity index (χ0v) is 9.65. The number of aliphatic hydroxyl groups excluding tert-OH is 1. The van der Waals surface area contributed by atoms with Crippen LogP contribution in [0.5, 0.6) is 0 Å². The van der Waals surface area contributed by atoms with Gasteiger partial charge in [0.15, 0.2) is 5.65 Å². The summed E-state index contributed by atoms with van der Waals surface area (Å²) in [7, 11) is 0. The normalized spacial score (nSPS) is 12.9. The molecule has 0 radical (unpaired) electrons. The van der Waals surface area contributed by atoms with E-state index in [-0.39, 0.29) is 12.6 Å². The van der Waals surface area contributed by atoms with Crippen LogP contribution >= 0.6 is 11.6 Å². The van der Waals surface area contributed by atoms with Gasteiger partial charge in [0.1, 0.15) is 0 Å². The standard InChI is InChI=1S/C10H13ClN4O/c1-7(4-5-16)12-10-13-9-3-2-8(11)6-15(9)14-10/h2-3,6-7,16H,4-5H2,1H3,(H,12,14). The van der Waals surface area contributed by atoms with Crippen molar-refractivity contribution >= 4 is 23.2 Å². The molecule has 0 aliphatic heterocycles. The second-order valence-electron chi connectivity index (χ2n) is 3.64. The molecule has 1 unspecified atom stereocenters. The van der Waals surface area contributed by atoms with Crippen LogP contribution in [0.1, 0.15) is 13.3 Å². The maximum absolute atomic E-state index is 8.79. The van der Waals surface area contributed by atoms with E-state index < -0.39 is 0 Å². The molecule has 86 valence electrons. The molecule has 16 heavy (non-hydrogen) atoms. The molecular formula is C10H13ClN4O. The highest BCUT2D eigenvalue weighted by Crippen LogP contribution is 2.12. The zero-order chi connectivity index (χ0) is 11.5. The summed E-state index contributed by atoms with van der Waals surface area (Å²) in [6.45, 7) is 2.11. The highest BCUT2D eigenvalue weighted by molar-refractivity contribution is 6.30. The minimum atomic E-state index is 0.137. The van der Waals surface area contributed by atoms with Crippen molar-refractivity contribution in [3.8, 4) is 0 Å². The Kier molecular flexibility index (Phi) is 3.26. The molecule has 2 N–H and O–H groups in total. The summed E-state index contributed by atoms with van der Waals surface area (Å²) in [5.74, 6) is 0.545. The summed E-state index contributed by atoms with van der Waals surface area (Å²) in [4.78, 5) is 4.28. The number of hydrogen-bond donors (Lipinski definition) is 2. The molecule has 0 aromatic carbocycles. The number of anilines is 1. The molecule has 0 saturated carbocycles. The molecule has 2 aromatic rings. The van der Waals surface area contributed by atoms with Gasteiger partial charge in [0.25, 0.3) is 0 Å². The number of hydrogen-bond acceptors (Lipinski definition) is 4. The van der Waals surface area contributed by atoms with E-state index in [2.05, 4.69) is 15.4 Å². The summed E-state index contributed by atoms with van der Waals surface area (Å²) in [5, 5.41) is 16.7. The van der Waals surface area contributed by atoms with Crippen LogP contribution in [0.3, 0.4) is 0 Å². The van der Waals surface area contributed by atoms with Gasteiger partial charge in [0, 0.05) is 18.8 Å². The Bertz CT molecular complexity index is 485. The SMILES string of the molecule is CC(CCO)Nc1nc2ccc(Cl)cn2n1. The number of nitrogens with zero attached hydrogens (tertiary/aromatic N) is 3. The van der Waals surface area contributed by atoms with Crippen molar-refractivity contribution in [2.24, 2.45) is 0 Å². The van der Waals surface area contributed by atoms with E-state index in [0.29, 0.717) is 17.4 Å². The number of pyridine rings is 1. The van der Waals surface area contributed by atoms with Crippen LogP contribution in [0.15, 0.2) is 18.3 Å². The topological polar surface area (TPSA) is 62.5 Å². The highest BCUT2D eigenvalue weighted by atomic mass is 35.5. The van der Waals surface area contributed by atoms with Crippen LogP contribution in [-0.2, 0) is 0 Å². The van der Waals surface area contributed by atoms with E-state index in [1.807, 2.05) is 6.92 Å². The van der Waals surface area contributed by atoms with E-state index in [9.17, 15) is 0 Å². The molecule has 1 atom stereocenters. The average Bonchev–Trinajstić information content (AvgIpc) is 2.59. The van der Waals surface area contributed by atoms with Crippen LogP contribution in [0.25, 0.3) is 5.65 Å². The maximum atomic E-state index is 8.79. The first-order chi connectivity index (χ1) is 7.69. The summed E-state index contributed by atoms with van der Waals surface area (Å²) >= 11 is 5.84. The Hall–Kier alpha value is -1.33. The van der Waals surface area contributed by atoms with Crippen LogP contribution in [0.2, 0.25) is 5.02 Å². The molecule has 0 amide bonds. The van der Waals surface area contributed by atoms with E-state index in [4.69, 9.17) is 16.7 Å². The second kappa shape index (κ2) is 4.67. The van der Waals surface area contributed by atoms with Crippen molar-refractivity contribution in [1.82, 2.24) is 14.6 Å². The Morgan fingerprint density at radius 1 is 1.56 bits per heavy atom. The number of rotatable bonds is 4. The van der Waals surface area contributed by atoms with Gasteiger partial charge < -0.3 is 10.4 Å². The van der Waals surface area contributed by atoms with Crippen molar-refractivity contribution in [3.63, 3.8) is 0 Å². The predicted octanol–water partition coefficient (Wildman–Crippen LogP) is 1.57. The number of fused-ring (bicyclic) bond motifs is 1. The molecule has 5 nitrogen and oxygen atoms in total. The summed E-state index contributed by atoms with van der Waals surface area (Å²) in [6, 6.07) is 3.71. The van der Waals surface area contributed by atoms with Crippen molar-refractivity contribution in [2.75, 3.05) is 11.9 Å². The lowest BCUT2D eigenvalue weighted by Crippen LogP contribution is -2.17. The quantitative estimate of drug-likeness (QED) is 0.852. The van der Waals surface area contributed by atoms with Crippen molar-refractivity contribution in [1.29, 1.82) is 0 Å². The van der Waals surface area contributed by atoms with E-state index in [0.717, 1.165) is 5.65 Å². The first-order valence-electron chi connectivity index (χ1n) is 5.08. The smallest absolute Gasteiger partial charge is 0.243 e. The zero-order valence-electron chi connectivity index (χ0n) is 8.89. The van der Waals surface area contributed by atoms with Crippen molar-refractivity contribution in [3.05, 3.63) is 23.4 Å². The van der Waals surface area contributed by atoms with Gasteiger partial charge in [-0.05, 0) is 25.5 Å². The van der Waals surface area contributed by atoms with Gasteiger partial charge >= 0.3 is 0 Å². The highest BCUT2D eigenvalue weighted by Gasteiger charge is 2.06. The monoisotopic (exact) mass is 240 g/mol. The second-order valence-corrected chi connectivity index (χ2v) is 4.08. The number of aromatic nitrogens is 3. The van der Waals surface area contributed by atoms with Gasteiger partial charge in [0.05, 0.1) is 5.02 Å². The lowest BCUT2D eigenvalue weighted by atomic mass is 10.2. The fraction of sp³-hybridized carbons (Fsp3) is 0.400. The average molecular weight is 241 g/mol. The minimum Gasteiger partial charge on any atom is -0.396 e. The third kappa shape index (κ3) is 2.43. The van der Waals surface area contributed by atoms with Gasteiger partial charge in [-0.1, -0.05) is 11.6 Å². The van der Waals surface area contributed by atoms with Crippen LogP contribution in [-0.4, -0.2) is 32.4 Å². The van der Waals surface area contributed by atoms with Crippen molar-refractivity contribution in [2.45, 2.75) is 19.4 Å². The van der Waals surface area contributed by atoms with E-state index in [1.54, 1.807) is 22.8 Å². The molecule has 0 fully saturated rings. The minimum absolute atomic E-state index is 0.137. The third-order valence-corrected chi connectivity index (χ3v) is 2.46. The molecule has 6 heteroatoms. The largest absolute Gasteiger partial charge is 0.396 e. The Morgan fingerprint density at radius 3 is 3.12 bits per heavy atom. The molecule has 0 aliphatic rings. The number of aliphatic hydroxyl groups is 1. The lowest BCUT2D eigenvalue weighted by Gasteiger charge is -2.09. The Morgan fingerprint density at radius 2 is 2.38 bits per heavy atom. The fourth-order valence-corrected chi connectivity index (χ4v) is 1.56. The van der Waals surface area contributed by atoms with Gasteiger partial charge in [-0.15, -0.1) is 5.10 Å². The van der Waals surface area contributed by atoms with Crippen LogP contribution in [0, 0.1) is 0 Å². The molecule has 0 bridgehead atoms. The van der Waals surface area contributed by atoms with Gasteiger partial charge in [-0.3, -0.25) is 0 Å². The van der Waals surface area contributed by atoms with Gasteiger partial charge in [-0.2, -0.15) is 4.98 Å². The molecule has 2 aromatic heterocycles. The molecular weight excluding hydrogens is 228 g/mol. The number of nitrogens with one attached hydrogen (secondary N) is 1. The molecule has 0 spiro atoms. The van der Waals surface area contributed by atoms with Crippen LogP contribution < -0.4 is 5.32 Å².